The average molecular weight is 514 g/mol. The van der Waals surface area contributed by atoms with Gasteiger partial charge in [-0.05, 0) is 41.5 Å². The molecule has 194 valence electrons. The van der Waals surface area contributed by atoms with Crippen LogP contribution in [0.1, 0.15) is 27.9 Å². The van der Waals surface area contributed by atoms with Gasteiger partial charge in [-0.15, -0.1) is 0 Å². The van der Waals surface area contributed by atoms with Crippen LogP contribution in [-0.2, 0) is 27.2 Å². The summed E-state index contributed by atoms with van der Waals surface area (Å²) in [6.45, 7) is 0. The zero-order valence-electron chi connectivity index (χ0n) is 21.4. The zero-order valence-corrected chi connectivity index (χ0v) is 21.4. The SMILES string of the molecule is COC(=O)c1ccccc1CC(=O)CC(=O)Cc1ccc(Oc2ccnc3cc(OC)c(OC)cc23)cc1. The van der Waals surface area contributed by atoms with Gasteiger partial charge < -0.3 is 18.9 Å². The van der Waals surface area contributed by atoms with Crippen LogP contribution in [0.5, 0.6) is 23.0 Å². The van der Waals surface area contributed by atoms with Crippen LogP contribution in [0.4, 0.5) is 0 Å². The fourth-order valence-corrected chi connectivity index (χ4v) is 4.11. The molecule has 4 aromatic rings. The van der Waals surface area contributed by atoms with E-state index in [-0.39, 0.29) is 30.8 Å². The van der Waals surface area contributed by atoms with E-state index in [2.05, 4.69) is 4.98 Å². The van der Waals surface area contributed by atoms with Gasteiger partial charge in [-0.25, -0.2) is 4.79 Å². The highest BCUT2D eigenvalue weighted by molar-refractivity contribution is 6.02. The lowest BCUT2D eigenvalue weighted by molar-refractivity contribution is -0.126. The van der Waals surface area contributed by atoms with E-state index in [1.54, 1.807) is 81.1 Å². The van der Waals surface area contributed by atoms with Crippen LogP contribution in [0, 0.1) is 0 Å². The zero-order chi connectivity index (χ0) is 27.1. The minimum Gasteiger partial charge on any atom is -0.493 e. The Labute approximate surface area is 220 Å². The maximum absolute atomic E-state index is 12.6. The first-order valence-electron chi connectivity index (χ1n) is 11.9. The molecule has 0 radical (unpaired) electrons. The Kier molecular flexibility index (Phi) is 8.33. The standard InChI is InChI=1S/C30H27NO7/c1-35-28-17-25-26(18-29(28)36-2)31-13-12-27(25)38-23-10-8-19(9-11-23)14-21(32)16-22(33)15-20-6-4-5-7-24(20)30(34)37-3/h4-13,17-18H,14-16H2,1-3H3. The number of nitrogens with zero attached hydrogens (tertiary/aromatic N) is 1. The van der Waals surface area contributed by atoms with Gasteiger partial charge in [-0.1, -0.05) is 30.3 Å². The largest absolute Gasteiger partial charge is 0.493 e. The highest BCUT2D eigenvalue weighted by Crippen LogP contribution is 2.36. The van der Waals surface area contributed by atoms with Gasteiger partial charge in [0.1, 0.15) is 23.1 Å². The summed E-state index contributed by atoms with van der Waals surface area (Å²) in [5, 5.41) is 0.761. The van der Waals surface area contributed by atoms with Gasteiger partial charge in [0.05, 0.1) is 38.8 Å². The number of hydrogen-bond donors (Lipinski definition) is 0. The molecule has 8 nitrogen and oxygen atoms in total. The number of esters is 1. The molecule has 8 heteroatoms. The quantitative estimate of drug-likeness (QED) is 0.201. The van der Waals surface area contributed by atoms with Gasteiger partial charge in [0.15, 0.2) is 11.5 Å². The minimum absolute atomic E-state index is 0.0136. The van der Waals surface area contributed by atoms with E-state index in [0.29, 0.717) is 39.6 Å². The maximum atomic E-state index is 12.6. The molecule has 0 spiro atoms. The number of ether oxygens (including phenoxy) is 4. The van der Waals surface area contributed by atoms with E-state index in [0.717, 1.165) is 10.9 Å². The summed E-state index contributed by atoms with van der Waals surface area (Å²) in [6.07, 6.45) is 1.53. The molecule has 0 aliphatic heterocycles. The molecule has 0 aliphatic carbocycles. The molecule has 0 fully saturated rings. The first kappa shape index (κ1) is 26.3. The summed E-state index contributed by atoms with van der Waals surface area (Å²) in [6, 6.07) is 19.2. The third-order valence-corrected chi connectivity index (χ3v) is 5.96. The number of carbonyl (C=O) groups excluding carboxylic acids is 3. The highest BCUT2D eigenvalue weighted by Gasteiger charge is 2.17. The van der Waals surface area contributed by atoms with Crippen molar-refractivity contribution in [1.29, 1.82) is 0 Å². The molecule has 0 saturated carbocycles. The van der Waals surface area contributed by atoms with Gasteiger partial charge in [-0.3, -0.25) is 14.6 Å². The van der Waals surface area contributed by atoms with Crippen LogP contribution in [0.3, 0.4) is 0 Å². The number of fused-ring (bicyclic) bond motifs is 1. The van der Waals surface area contributed by atoms with Crippen LogP contribution >= 0.6 is 0 Å². The van der Waals surface area contributed by atoms with Gasteiger partial charge >= 0.3 is 5.97 Å². The van der Waals surface area contributed by atoms with Crippen molar-refractivity contribution in [2.75, 3.05) is 21.3 Å². The third-order valence-electron chi connectivity index (χ3n) is 5.96. The van der Waals surface area contributed by atoms with Crippen molar-refractivity contribution in [1.82, 2.24) is 4.98 Å². The van der Waals surface area contributed by atoms with Gasteiger partial charge in [-0.2, -0.15) is 0 Å². The van der Waals surface area contributed by atoms with Crippen LogP contribution in [-0.4, -0.2) is 43.8 Å². The molecule has 0 bridgehead atoms. The number of rotatable bonds is 11. The number of carbonyl (C=O) groups is 3. The highest BCUT2D eigenvalue weighted by atomic mass is 16.5. The third kappa shape index (κ3) is 6.15. The molecule has 4 rings (SSSR count). The number of Topliss-reactive ketones (excluding diaryl/α,β-unsaturated/α-hetero) is 2. The molecule has 1 aromatic heterocycles. The second kappa shape index (κ2) is 12.0. The maximum Gasteiger partial charge on any atom is 0.338 e. The molecule has 38 heavy (non-hydrogen) atoms. The molecule has 0 aliphatic rings. The lowest BCUT2D eigenvalue weighted by Gasteiger charge is -2.12. The first-order chi connectivity index (χ1) is 18.4. The first-order valence-corrected chi connectivity index (χ1v) is 11.9. The number of pyridine rings is 1. The summed E-state index contributed by atoms with van der Waals surface area (Å²) < 4.78 is 21.6. The van der Waals surface area contributed by atoms with Crippen molar-refractivity contribution in [3.63, 3.8) is 0 Å². The molecular formula is C30H27NO7. The van der Waals surface area contributed by atoms with Crippen LogP contribution in [0.15, 0.2) is 72.9 Å². The van der Waals surface area contributed by atoms with Crippen molar-refractivity contribution >= 4 is 28.4 Å². The summed E-state index contributed by atoms with van der Waals surface area (Å²) in [7, 11) is 4.42. The second-order valence-electron chi connectivity index (χ2n) is 8.54. The Morgan fingerprint density at radius 2 is 1.45 bits per heavy atom. The van der Waals surface area contributed by atoms with Gasteiger partial charge in [0.25, 0.3) is 0 Å². The summed E-state index contributed by atoms with van der Waals surface area (Å²) in [4.78, 5) is 41.4. The van der Waals surface area contributed by atoms with Crippen molar-refractivity contribution in [3.05, 3.63) is 89.6 Å². The monoisotopic (exact) mass is 513 g/mol. The van der Waals surface area contributed by atoms with Crippen molar-refractivity contribution in [3.8, 4) is 23.0 Å². The molecule has 3 aromatic carbocycles. The van der Waals surface area contributed by atoms with Crippen molar-refractivity contribution < 1.29 is 33.3 Å². The van der Waals surface area contributed by atoms with E-state index in [4.69, 9.17) is 18.9 Å². The Bertz CT molecular complexity index is 1480. The summed E-state index contributed by atoms with van der Waals surface area (Å²) in [5.74, 6) is 1.33. The predicted molar refractivity (Wildman–Crippen MR) is 141 cm³/mol. The summed E-state index contributed by atoms with van der Waals surface area (Å²) in [5.41, 5.74) is 2.32. The summed E-state index contributed by atoms with van der Waals surface area (Å²) >= 11 is 0. The van der Waals surface area contributed by atoms with E-state index < -0.39 is 5.97 Å². The molecule has 0 atom stereocenters. The average Bonchev–Trinajstić information content (AvgIpc) is 2.93. The molecule has 0 N–H and O–H groups in total. The van der Waals surface area contributed by atoms with Crippen molar-refractivity contribution in [2.45, 2.75) is 19.3 Å². The number of hydrogen-bond acceptors (Lipinski definition) is 8. The number of benzene rings is 3. The molecule has 1 heterocycles. The Hall–Kier alpha value is -4.72. The number of aromatic nitrogens is 1. The van der Waals surface area contributed by atoms with Crippen LogP contribution in [0.25, 0.3) is 10.9 Å². The number of ketones is 2. The topological polar surface area (TPSA) is 101 Å². The Balaban J connectivity index is 1.39. The van der Waals surface area contributed by atoms with Crippen molar-refractivity contribution in [2.24, 2.45) is 0 Å². The molecule has 0 saturated heterocycles. The van der Waals surface area contributed by atoms with Gasteiger partial charge in [0, 0.05) is 30.5 Å². The van der Waals surface area contributed by atoms with E-state index in [1.807, 2.05) is 6.07 Å². The normalized spacial score (nSPS) is 10.6. The Morgan fingerprint density at radius 3 is 2.16 bits per heavy atom. The fourth-order valence-electron chi connectivity index (χ4n) is 4.11. The van der Waals surface area contributed by atoms with Crippen LogP contribution in [0.2, 0.25) is 0 Å². The predicted octanol–water partition coefficient (Wildman–Crippen LogP) is 5.14. The Morgan fingerprint density at radius 1 is 0.763 bits per heavy atom. The smallest absolute Gasteiger partial charge is 0.338 e. The van der Waals surface area contributed by atoms with E-state index in [1.165, 1.54) is 7.11 Å². The molecular weight excluding hydrogens is 486 g/mol. The lowest BCUT2D eigenvalue weighted by atomic mass is 9.98. The van der Waals surface area contributed by atoms with E-state index >= 15 is 0 Å². The minimum atomic E-state index is -0.513. The number of methoxy groups -OCH3 is 3. The van der Waals surface area contributed by atoms with Crippen LogP contribution < -0.4 is 14.2 Å². The fraction of sp³-hybridized carbons (Fsp3) is 0.200. The van der Waals surface area contributed by atoms with E-state index in [9.17, 15) is 14.4 Å². The lowest BCUT2D eigenvalue weighted by Crippen LogP contribution is -2.14. The second-order valence-corrected chi connectivity index (χ2v) is 8.54. The molecule has 0 unspecified atom stereocenters. The van der Waals surface area contributed by atoms with Gasteiger partial charge in [0.2, 0.25) is 0 Å². The molecule has 0 amide bonds.